The molecule has 0 heterocycles. The molecule has 1 aromatic carbocycles. The molecule has 0 saturated carbocycles. The number of carbonyl (C=O) groups excluding carboxylic acids is 1. The molecule has 0 fully saturated rings. The first-order valence-corrected chi connectivity index (χ1v) is 6.43. The van der Waals surface area contributed by atoms with Gasteiger partial charge >= 0.3 is 5.97 Å². The van der Waals surface area contributed by atoms with Crippen molar-refractivity contribution in [1.82, 2.24) is 0 Å². The Kier molecular flexibility index (Phi) is 5.95. The molecule has 0 aromatic heterocycles. The molecule has 1 aromatic rings. The van der Waals surface area contributed by atoms with E-state index in [1.165, 1.54) is 0 Å². The molecule has 0 radical (unpaired) electrons. The summed E-state index contributed by atoms with van der Waals surface area (Å²) in [6.45, 7) is 6.54. The lowest BCUT2D eigenvalue weighted by Crippen LogP contribution is -2.21. The van der Waals surface area contributed by atoms with Crippen LogP contribution < -0.4 is 4.74 Å². The summed E-state index contributed by atoms with van der Waals surface area (Å²) < 4.78 is 10.4. The van der Waals surface area contributed by atoms with Gasteiger partial charge in [-0.15, -0.1) is 6.42 Å². The highest BCUT2D eigenvalue weighted by atomic mass is 16.5. The zero-order valence-corrected chi connectivity index (χ0v) is 11.7. The highest BCUT2D eigenvalue weighted by Gasteiger charge is 2.25. The summed E-state index contributed by atoms with van der Waals surface area (Å²) in [6, 6.07) is 7.52. The van der Waals surface area contributed by atoms with Gasteiger partial charge in [0.05, 0.1) is 12.5 Å². The Labute approximate surface area is 114 Å². The zero-order valence-electron chi connectivity index (χ0n) is 11.7. The summed E-state index contributed by atoms with van der Waals surface area (Å²) in [5, 5.41) is 0. The maximum atomic E-state index is 12.0. The molecule has 0 aliphatic carbocycles. The van der Waals surface area contributed by atoms with Crippen LogP contribution >= 0.6 is 0 Å². The lowest BCUT2D eigenvalue weighted by atomic mass is 9.88. The predicted molar refractivity (Wildman–Crippen MR) is 75.0 cm³/mol. The van der Waals surface area contributed by atoms with Gasteiger partial charge in [0.1, 0.15) is 5.75 Å². The standard InChI is InChI=1S/C16H20O3/c1-5-11-19-16(17)15(12(3)4)13-7-9-14(10-8-13)18-6-2/h1,7-10,12,15H,6,11H2,2-4H3. The van der Waals surface area contributed by atoms with Crippen LogP contribution in [-0.4, -0.2) is 19.2 Å². The Hall–Kier alpha value is -1.95. The number of hydrogen-bond donors (Lipinski definition) is 0. The van der Waals surface area contributed by atoms with Crippen LogP contribution in [0.15, 0.2) is 24.3 Å². The first kappa shape index (κ1) is 15.1. The van der Waals surface area contributed by atoms with Crippen LogP contribution in [0.25, 0.3) is 0 Å². The fraction of sp³-hybridized carbons (Fsp3) is 0.438. The van der Waals surface area contributed by atoms with E-state index in [0.29, 0.717) is 6.61 Å². The Bertz CT molecular complexity index is 440. The Morgan fingerprint density at radius 2 is 1.95 bits per heavy atom. The third kappa shape index (κ3) is 4.33. The highest BCUT2D eigenvalue weighted by Crippen LogP contribution is 2.27. The molecule has 0 aliphatic rings. The maximum absolute atomic E-state index is 12.0. The summed E-state index contributed by atoms with van der Waals surface area (Å²) in [6.07, 6.45) is 5.10. The molecular weight excluding hydrogens is 240 g/mol. The summed E-state index contributed by atoms with van der Waals surface area (Å²) in [4.78, 5) is 12.0. The molecule has 3 heteroatoms. The SMILES string of the molecule is C#CCOC(=O)C(c1ccc(OCC)cc1)C(C)C. The first-order chi connectivity index (χ1) is 9.10. The Morgan fingerprint density at radius 3 is 2.42 bits per heavy atom. The van der Waals surface area contributed by atoms with Crippen LogP contribution in [0.2, 0.25) is 0 Å². The lowest BCUT2D eigenvalue weighted by molar-refractivity contribution is -0.145. The van der Waals surface area contributed by atoms with Gasteiger partial charge in [-0.3, -0.25) is 4.79 Å². The topological polar surface area (TPSA) is 35.5 Å². The van der Waals surface area contributed by atoms with Crippen molar-refractivity contribution in [3.63, 3.8) is 0 Å². The van der Waals surface area contributed by atoms with Crippen molar-refractivity contribution in [1.29, 1.82) is 0 Å². The number of esters is 1. The molecular formula is C16H20O3. The normalized spacial score (nSPS) is 11.7. The largest absolute Gasteiger partial charge is 0.494 e. The van der Waals surface area contributed by atoms with Gasteiger partial charge in [0, 0.05) is 0 Å². The molecule has 0 amide bonds. The van der Waals surface area contributed by atoms with E-state index in [1.807, 2.05) is 45.0 Å². The van der Waals surface area contributed by atoms with E-state index in [4.69, 9.17) is 15.9 Å². The van der Waals surface area contributed by atoms with Gasteiger partial charge < -0.3 is 9.47 Å². The summed E-state index contributed by atoms with van der Waals surface area (Å²) in [7, 11) is 0. The first-order valence-electron chi connectivity index (χ1n) is 6.43. The fourth-order valence-corrected chi connectivity index (χ4v) is 1.93. The van der Waals surface area contributed by atoms with Crippen molar-refractivity contribution in [3.05, 3.63) is 29.8 Å². The number of benzene rings is 1. The average molecular weight is 260 g/mol. The van der Waals surface area contributed by atoms with Crippen molar-refractivity contribution in [2.24, 2.45) is 5.92 Å². The van der Waals surface area contributed by atoms with Crippen molar-refractivity contribution < 1.29 is 14.3 Å². The quantitative estimate of drug-likeness (QED) is 0.582. The molecule has 3 nitrogen and oxygen atoms in total. The molecule has 19 heavy (non-hydrogen) atoms. The predicted octanol–water partition coefficient (Wildman–Crippen LogP) is 3.00. The van der Waals surface area contributed by atoms with Gasteiger partial charge in [-0.05, 0) is 30.5 Å². The molecule has 0 saturated heterocycles. The molecule has 0 N–H and O–H groups in total. The van der Waals surface area contributed by atoms with Crippen LogP contribution in [0, 0.1) is 18.3 Å². The third-order valence-electron chi connectivity index (χ3n) is 2.77. The molecule has 102 valence electrons. The van der Waals surface area contributed by atoms with Gasteiger partial charge in [0.25, 0.3) is 0 Å². The molecule has 0 aliphatic heterocycles. The lowest BCUT2D eigenvalue weighted by Gasteiger charge is -2.19. The van der Waals surface area contributed by atoms with Crippen LogP contribution in [-0.2, 0) is 9.53 Å². The van der Waals surface area contributed by atoms with E-state index in [9.17, 15) is 4.79 Å². The van der Waals surface area contributed by atoms with Gasteiger partial charge in [0.15, 0.2) is 6.61 Å². The zero-order chi connectivity index (χ0) is 14.3. The van der Waals surface area contributed by atoms with Crippen molar-refractivity contribution in [2.75, 3.05) is 13.2 Å². The van der Waals surface area contributed by atoms with Crippen LogP contribution in [0.1, 0.15) is 32.3 Å². The third-order valence-corrected chi connectivity index (χ3v) is 2.77. The average Bonchev–Trinajstić information content (AvgIpc) is 2.38. The van der Waals surface area contributed by atoms with Crippen LogP contribution in [0.3, 0.4) is 0 Å². The maximum Gasteiger partial charge on any atom is 0.314 e. The number of hydrogen-bond acceptors (Lipinski definition) is 3. The minimum atomic E-state index is -0.302. The van der Waals surface area contributed by atoms with Crippen LogP contribution in [0.5, 0.6) is 5.75 Å². The molecule has 1 unspecified atom stereocenters. The number of rotatable bonds is 6. The van der Waals surface area contributed by atoms with E-state index in [-0.39, 0.29) is 24.4 Å². The van der Waals surface area contributed by atoms with E-state index >= 15 is 0 Å². The second-order valence-corrected chi connectivity index (χ2v) is 4.54. The number of terminal acetylenes is 1. The van der Waals surface area contributed by atoms with Gasteiger partial charge in [0.2, 0.25) is 0 Å². The molecule has 0 bridgehead atoms. The van der Waals surface area contributed by atoms with Gasteiger partial charge in [-0.25, -0.2) is 0 Å². The van der Waals surface area contributed by atoms with Crippen molar-refractivity contribution in [3.8, 4) is 18.1 Å². The second-order valence-electron chi connectivity index (χ2n) is 4.54. The number of carbonyl (C=O) groups is 1. The minimum absolute atomic E-state index is 0.0130. The van der Waals surface area contributed by atoms with E-state index in [0.717, 1.165) is 11.3 Å². The van der Waals surface area contributed by atoms with E-state index in [2.05, 4.69) is 5.92 Å². The molecule has 0 spiro atoms. The van der Waals surface area contributed by atoms with E-state index < -0.39 is 0 Å². The summed E-state index contributed by atoms with van der Waals surface area (Å²) in [5.74, 6) is 2.66. The highest BCUT2D eigenvalue weighted by molar-refractivity contribution is 5.78. The van der Waals surface area contributed by atoms with E-state index in [1.54, 1.807) is 0 Å². The van der Waals surface area contributed by atoms with Gasteiger partial charge in [-0.1, -0.05) is 31.9 Å². The van der Waals surface area contributed by atoms with Crippen molar-refractivity contribution >= 4 is 5.97 Å². The molecule has 1 atom stereocenters. The minimum Gasteiger partial charge on any atom is -0.494 e. The van der Waals surface area contributed by atoms with Crippen LogP contribution in [0.4, 0.5) is 0 Å². The summed E-state index contributed by atoms with van der Waals surface area (Å²) in [5.41, 5.74) is 0.917. The Morgan fingerprint density at radius 1 is 1.32 bits per heavy atom. The summed E-state index contributed by atoms with van der Waals surface area (Å²) >= 11 is 0. The fourth-order valence-electron chi connectivity index (χ4n) is 1.93. The smallest absolute Gasteiger partial charge is 0.314 e. The Balaban J connectivity index is 2.87. The molecule has 1 rings (SSSR count). The number of ether oxygens (including phenoxy) is 2. The second kappa shape index (κ2) is 7.48. The monoisotopic (exact) mass is 260 g/mol. The van der Waals surface area contributed by atoms with Gasteiger partial charge in [-0.2, -0.15) is 0 Å². The van der Waals surface area contributed by atoms with Crippen molar-refractivity contribution in [2.45, 2.75) is 26.7 Å².